The number of methoxy groups -OCH3 is 1. The van der Waals surface area contributed by atoms with Gasteiger partial charge in [0.05, 0.1) is 7.11 Å². The monoisotopic (exact) mass is 234 g/mol. The minimum atomic E-state index is 0.169. The summed E-state index contributed by atoms with van der Waals surface area (Å²) >= 11 is 0. The molecule has 0 fully saturated rings. The van der Waals surface area contributed by atoms with Crippen molar-refractivity contribution in [2.24, 2.45) is 5.92 Å². The maximum Gasteiger partial charge on any atom is 0.126 e. The molecule has 1 aromatic rings. The molecule has 0 aliphatic carbocycles. The van der Waals surface area contributed by atoms with Crippen LogP contribution in [-0.4, -0.2) is 18.8 Å². The molecule has 0 unspecified atom stereocenters. The fourth-order valence-corrected chi connectivity index (χ4v) is 1.57. The number of hydrogen-bond acceptors (Lipinski definition) is 2. The van der Waals surface area contributed by atoms with Gasteiger partial charge in [0, 0.05) is 12.2 Å². The molecule has 0 aromatic heterocycles. The van der Waals surface area contributed by atoms with Crippen molar-refractivity contribution in [3.63, 3.8) is 0 Å². The number of ether oxygens (including phenoxy) is 1. The van der Waals surface area contributed by atoms with Crippen molar-refractivity contribution in [2.45, 2.75) is 26.7 Å². The van der Waals surface area contributed by atoms with Gasteiger partial charge >= 0.3 is 0 Å². The van der Waals surface area contributed by atoms with Crippen LogP contribution in [0.2, 0.25) is 0 Å². The van der Waals surface area contributed by atoms with Crippen LogP contribution >= 0.6 is 0 Å². The van der Waals surface area contributed by atoms with Crippen molar-refractivity contribution < 1.29 is 9.84 Å². The lowest BCUT2D eigenvalue weighted by atomic mass is 9.99. The lowest BCUT2D eigenvalue weighted by Crippen LogP contribution is -1.96. The zero-order valence-corrected chi connectivity index (χ0v) is 11.1. The van der Waals surface area contributed by atoms with Gasteiger partial charge < -0.3 is 9.84 Å². The van der Waals surface area contributed by atoms with Crippen LogP contribution in [0.1, 0.15) is 37.8 Å². The summed E-state index contributed by atoms with van der Waals surface area (Å²) in [4.78, 5) is 0. The standard InChI is InChI=1S/C15H22O2/c1-11(2)13-7-8-15(17-4)14(9-13)6-5-12(3)10-16/h5-9,11-12,16H,10H2,1-4H3/t12-/m1/s1. The lowest BCUT2D eigenvalue weighted by Gasteiger charge is -2.10. The van der Waals surface area contributed by atoms with Crippen molar-refractivity contribution >= 4 is 6.08 Å². The van der Waals surface area contributed by atoms with Crippen molar-refractivity contribution in [3.05, 3.63) is 35.4 Å². The van der Waals surface area contributed by atoms with Gasteiger partial charge in [0.15, 0.2) is 0 Å². The first-order valence-electron chi connectivity index (χ1n) is 6.05. The molecule has 0 aliphatic rings. The first kappa shape index (κ1) is 13.8. The lowest BCUT2D eigenvalue weighted by molar-refractivity contribution is 0.262. The molecule has 17 heavy (non-hydrogen) atoms. The molecule has 0 radical (unpaired) electrons. The maximum atomic E-state index is 9.00. The Morgan fingerprint density at radius 3 is 2.53 bits per heavy atom. The molecule has 2 heteroatoms. The third kappa shape index (κ3) is 3.90. The number of aliphatic hydroxyl groups is 1. The topological polar surface area (TPSA) is 29.5 Å². The molecule has 2 nitrogen and oxygen atoms in total. The molecule has 0 amide bonds. The van der Waals surface area contributed by atoms with Gasteiger partial charge in [0.2, 0.25) is 0 Å². The average Bonchev–Trinajstić information content (AvgIpc) is 2.35. The zero-order valence-electron chi connectivity index (χ0n) is 11.1. The van der Waals surface area contributed by atoms with E-state index in [-0.39, 0.29) is 12.5 Å². The molecule has 1 aromatic carbocycles. The first-order chi connectivity index (χ1) is 8.08. The van der Waals surface area contributed by atoms with E-state index in [0.29, 0.717) is 5.92 Å². The van der Waals surface area contributed by atoms with Gasteiger partial charge in [0.1, 0.15) is 5.75 Å². The minimum Gasteiger partial charge on any atom is -0.496 e. The van der Waals surface area contributed by atoms with E-state index in [1.165, 1.54) is 5.56 Å². The summed E-state index contributed by atoms with van der Waals surface area (Å²) < 4.78 is 5.33. The molecule has 0 saturated heterocycles. The maximum absolute atomic E-state index is 9.00. The highest BCUT2D eigenvalue weighted by atomic mass is 16.5. The van der Waals surface area contributed by atoms with Crippen LogP contribution in [0.3, 0.4) is 0 Å². The molecule has 94 valence electrons. The number of aliphatic hydroxyl groups excluding tert-OH is 1. The second kappa shape index (κ2) is 6.45. The molecule has 1 N–H and O–H groups in total. The summed E-state index contributed by atoms with van der Waals surface area (Å²) in [6, 6.07) is 6.24. The van der Waals surface area contributed by atoms with E-state index >= 15 is 0 Å². The summed E-state index contributed by atoms with van der Waals surface area (Å²) in [6.45, 7) is 6.50. The van der Waals surface area contributed by atoms with Crippen LogP contribution in [0, 0.1) is 5.92 Å². The van der Waals surface area contributed by atoms with Gasteiger partial charge in [0.25, 0.3) is 0 Å². The van der Waals surface area contributed by atoms with Crippen LogP contribution in [0.25, 0.3) is 6.08 Å². The van der Waals surface area contributed by atoms with E-state index in [1.807, 2.05) is 25.1 Å². The van der Waals surface area contributed by atoms with Crippen molar-refractivity contribution in [1.29, 1.82) is 0 Å². The van der Waals surface area contributed by atoms with Crippen LogP contribution in [0.5, 0.6) is 5.75 Å². The fraction of sp³-hybridized carbons (Fsp3) is 0.467. The number of rotatable bonds is 5. The summed E-state index contributed by atoms with van der Waals surface area (Å²) in [5, 5.41) is 9.00. The van der Waals surface area contributed by atoms with Gasteiger partial charge in [-0.25, -0.2) is 0 Å². The van der Waals surface area contributed by atoms with Crippen LogP contribution in [0.4, 0.5) is 0 Å². The predicted octanol–water partition coefficient (Wildman–Crippen LogP) is 3.46. The molecule has 0 spiro atoms. The molecule has 1 atom stereocenters. The van der Waals surface area contributed by atoms with E-state index < -0.39 is 0 Å². The van der Waals surface area contributed by atoms with E-state index in [4.69, 9.17) is 9.84 Å². The normalized spacial score (nSPS) is 13.3. The van der Waals surface area contributed by atoms with Gasteiger partial charge in [-0.2, -0.15) is 0 Å². The number of benzene rings is 1. The van der Waals surface area contributed by atoms with Crippen LogP contribution < -0.4 is 4.74 Å². The van der Waals surface area contributed by atoms with Crippen molar-refractivity contribution in [1.82, 2.24) is 0 Å². The fourth-order valence-electron chi connectivity index (χ4n) is 1.57. The summed E-state index contributed by atoms with van der Waals surface area (Å²) in [7, 11) is 1.68. The number of hydrogen-bond donors (Lipinski definition) is 1. The summed E-state index contributed by atoms with van der Waals surface area (Å²) in [5.41, 5.74) is 2.36. The minimum absolute atomic E-state index is 0.169. The Kier molecular flexibility index (Phi) is 5.23. The smallest absolute Gasteiger partial charge is 0.126 e. The third-order valence-electron chi connectivity index (χ3n) is 2.81. The molecule has 0 heterocycles. The van der Waals surface area contributed by atoms with E-state index in [1.54, 1.807) is 7.11 Å². The Balaban J connectivity index is 3.02. The molecule has 1 rings (SSSR count). The Bertz CT molecular complexity index is 381. The first-order valence-corrected chi connectivity index (χ1v) is 6.05. The average molecular weight is 234 g/mol. The van der Waals surface area contributed by atoms with Gasteiger partial charge in [-0.3, -0.25) is 0 Å². The zero-order chi connectivity index (χ0) is 12.8. The Morgan fingerprint density at radius 2 is 2.00 bits per heavy atom. The van der Waals surface area contributed by atoms with Gasteiger partial charge in [-0.1, -0.05) is 39.0 Å². The van der Waals surface area contributed by atoms with E-state index in [0.717, 1.165) is 11.3 Å². The molecular weight excluding hydrogens is 212 g/mol. The van der Waals surface area contributed by atoms with E-state index in [9.17, 15) is 0 Å². The predicted molar refractivity (Wildman–Crippen MR) is 72.4 cm³/mol. The van der Waals surface area contributed by atoms with Crippen LogP contribution in [-0.2, 0) is 0 Å². The SMILES string of the molecule is COc1ccc(C(C)C)cc1C=C[C@@H](C)CO. The highest BCUT2D eigenvalue weighted by Crippen LogP contribution is 2.25. The molecule has 0 bridgehead atoms. The summed E-state index contributed by atoms with van der Waals surface area (Å²) in [5.74, 6) is 1.54. The molecule has 0 aliphatic heterocycles. The van der Waals surface area contributed by atoms with Crippen molar-refractivity contribution in [2.75, 3.05) is 13.7 Å². The second-order valence-corrected chi connectivity index (χ2v) is 4.68. The molecular formula is C15H22O2. The van der Waals surface area contributed by atoms with E-state index in [2.05, 4.69) is 26.0 Å². The highest BCUT2D eigenvalue weighted by Gasteiger charge is 2.05. The molecule has 0 saturated carbocycles. The largest absolute Gasteiger partial charge is 0.496 e. The Morgan fingerprint density at radius 1 is 1.29 bits per heavy atom. The third-order valence-corrected chi connectivity index (χ3v) is 2.81. The van der Waals surface area contributed by atoms with Gasteiger partial charge in [-0.05, 0) is 29.5 Å². The summed E-state index contributed by atoms with van der Waals surface area (Å²) in [6.07, 6.45) is 4.02. The van der Waals surface area contributed by atoms with Crippen molar-refractivity contribution in [3.8, 4) is 5.75 Å². The Labute approximate surface area is 104 Å². The second-order valence-electron chi connectivity index (χ2n) is 4.68. The van der Waals surface area contributed by atoms with Crippen LogP contribution in [0.15, 0.2) is 24.3 Å². The highest BCUT2D eigenvalue weighted by molar-refractivity contribution is 5.59. The quantitative estimate of drug-likeness (QED) is 0.845. The van der Waals surface area contributed by atoms with Gasteiger partial charge in [-0.15, -0.1) is 0 Å². The Hall–Kier alpha value is -1.28.